The van der Waals surface area contributed by atoms with E-state index in [-0.39, 0.29) is 11.8 Å². The average Bonchev–Trinajstić information content (AvgIpc) is 3.03. The molecule has 6 nitrogen and oxygen atoms in total. The minimum absolute atomic E-state index is 0.0456. The summed E-state index contributed by atoms with van der Waals surface area (Å²) < 4.78 is 5.87. The van der Waals surface area contributed by atoms with Crippen LogP contribution in [0.5, 0.6) is 11.5 Å². The topological polar surface area (TPSA) is 71.5 Å². The fourth-order valence-electron chi connectivity index (χ4n) is 2.83. The molecule has 130 valence electrons. The van der Waals surface area contributed by atoms with Gasteiger partial charge >= 0.3 is 0 Å². The molecule has 0 unspecified atom stereocenters. The van der Waals surface area contributed by atoms with Crippen LogP contribution in [-0.2, 0) is 11.2 Å². The van der Waals surface area contributed by atoms with Crippen LogP contribution in [0.25, 0.3) is 0 Å². The molecule has 0 saturated heterocycles. The van der Waals surface area contributed by atoms with E-state index in [2.05, 4.69) is 10.3 Å². The molecule has 0 spiro atoms. The Labute approximate surface area is 146 Å². The number of hydrogen-bond acceptors (Lipinski definition) is 4. The van der Waals surface area contributed by atoms with Crippen LogP contribution in [0.4, 0.5) is 5.69 Å². The minimum Gasteiger partial charge on any atom is -0.457 e. The van der Waals surface area contributed by atoms with Gasteiger partial charge in [0.25, 0.3) is 5.91 Å². The third-order valence-corrected chi connectivity index (χ3v) is 4.06. The molecule has 2 aromatic rings. The van der Waals surface area contributed by atoms with Crippen molar-refractivity contribution in [3.63, 3.8) is 0 Å². The summed E-state index contributed by atoms with van der Waals surface area (Å²) in [6, 6.07) is 9.01. The first-order valence-electron chi connectivity index (χ1n) is 8.41. The normalized spacial score (nSPS) is 12.6. The van der Waals surface area contributed by atoms with Gasteiger partial charge < -0.3 is 15.0 Å². The summed E-state index contributed by atoms with van der Waals surface area (Å²) >= 11 is 0. The molecular formula is C19H21N3O3. The Hall–Kier alpha value is -2.89. The molecule has 1 N–H and O–H groups in total. The largest absolute Gasteiger partial charge is 0.457 e. The van der Waals surface area contributed by atoms with Crippen LogP contribution in [0, 0.1) is 0 Å². The van der Waals surface area contributed by atoms with Gasteiger partial charge in [-0.15, -0.1) is 0 Å². The van der Waals surface area contributed by atoms with E-state index in [0.717, 1.165) is 24.1 Å². The van der Waals surface area contributed by atoms with Crippen LogP contribution in [-0.4, -0.2) is 29.9 Å². The van der Waals surface area contributed by atoms with Crippen LogP contribution in [0.2, 0.25) is 0 Å². The van der Waals surface area contributed by atoms with Gasteiger partial charge in [-0.1, -0.05) is 6.92 Å². The van der Waals surface area contributed by atoms with Crippen LogP contribution in [0.1, 0.15) is 36.3 Å². The molecule has 0 atom stereocenters. The molecule has 0 bridgehead atoms. The predicted molar refractivity (Wildman–Crippen MR) is 95.1 cm³/mol. The summed E-state index contributed by atoms with van der Waals surface area (Å²) in [5.41, 5.74) is 2.35. The number of carbonyl (C=O) groups is 2. The number of nitrogens with zero attached hydrogens (tertiary/aromatic N) is 2. The number of benzene rings is 1. The minimum atomic E-state index is -0.210. The van der Waals surface area contributed by atoms with E-state index in [1.54, 1.807) is 30.2 Å². The first-order valence-corrected chi connectivity index (χ1v) is 8.41. The van der Waals surface area contributed by atoms with E-state index in [4.69, 9.17) is 4.74 Å². The second-order valence-corrected chi connectivity index (χ2v) is 5.95. The van der Waals surface area contributed by atoms with Crippen molar-refractivity contribution in [2.75, 3.05) is 18.0 Å². The Morgan fingerprint density at radius 2 is 2.04 bits per heavy atom. The number of fused-ring (bicyclic) bond motifs is 1. The highest BCUT2D eigenvalue weighted by Gasteiger charge is 2.22. The predicted octanol–water partition coefficient (Wildman–Crippen LogP) is 2.92. The van der Waals surface area contributed by atoms with Gasteiger partial charge in [-0.2, -0.15) is 0 Å². The van der Waals surface area contributed by atoms with Gasteiger partial charge in [-0.05, 0) is 42.7 Å². The highest BCUT2D eigenvalue weighted by molar-refractivity contribution is 5.94. The van der Waals surface area contributed by atoms with Crippen LogP contribution >= 0.6 is 0 Å². The lowest BCUT2D eigenvalue weighted by molar-refractivity contribution is -0.116. The molecular weight excluding hydrogens is 318 g/mol. The smallest absolute Gasteiger partial charge is 0.270 e. The zero-order valence-electron chi connectivity index (χ0n) is 14.4. The first kappa shape index (κ1) is 17.0. The number of amides is 2. The van der Waals surface area contributed by atoms with E-state index >= 15 is 0 Å². The molecule has 1 aliphatic heterocycles. The lowest BCUT2D eigenvalue weighted by atomic mass is 10.1. The molecule has 0 fully saturated rings. The van der Waals surface area contributed by atoms with Crippen molar-refractivity contribution in [2.24, 2.45) is 0 Å². The van der Waals surface area contributed by atoms with Crippen molar-refractivity contribution in [1.82, 2.24) is 10.3 Å². The van der Waals surface area contributed by atoms with Crippen LogP contribution in [0.3, 0.4) is 0 Å². The van der Waals surface area contributed by atoms with E-state index in [1.165, 1.54) is 0 Å². The van der Waals surface area contributed by atoms with Gasteiger partial charge in [0.1, 0.15) is 17.2 Å². The Morgan fingerprint density at radius 1 is 1.24 bits per heavy atom. The van der Waals surface area contributed by atoms with Crippen molar-refractivity contribution in [1.29, 1.82) is 0 Å². The molecule has 0 saturated carbocycles. The number of pyridine rings is 1. The quantitative estimate of drug-likeness (QED) is 0.909. The third-order valence-electron chi connectivity index (χ3n) is 4.06. The number of aromatic nitrogens is 1. The summed E-state index contributed by atoms with van der Waals surface area (Å²) in [6.07, 6.45) is 3.24. The number of nitrogens with one attached hydrogen (secondary N) is 1. The van der Waals surface area contributed by atoms with Gasteiger partial charge in [0.05, 0.1) is 0 Å². The number of ether oxygens (including phenoxy) is 1. The summed E-state index contributed by atoms with van der Waals surface area (Å²) in [4.78, 5) is 29.5. The Morgan fingerprint density at radius 3 is 2.80 bits per heavy atom. The zero-order valence-corrected chi connectivity index (χ0v) is 14.4. The maximum atomic E-state index is 12.0. The van der Waals surface area contributed by atoms with Crippen molar-refractivity contribution < 1.29 is 14.3 Å². The standard InChI is InChI=1S/C19H21N3O3/c1-3-8-21-19(24)17-12-16(6-9-20-17)25-15-4-5-18-14(11-15)7-10-22(18)13(2)23/h4-6,9,11-12H,3,7-8,10H2,1-2H3,(H,21,24). The second kappa shape index (κ2) is 7.34. The number of anilines is 1. The first-order chi connectivity index (χ1) is 12.1. The van der Waals surface area contributed by atoms with Gasteiger partial charge in [-0.25, -0.2) is 0 Å². The van der Waals surface area contributed by atoms with E-state index in [9.17, 15) is 9.59 Å². The number of carbonyl (C=O) groups excluding carboxylic acids is 2. The monoisotopic (exact) mass is 339 g/mol. The van der Waals surface area contributed by atoms with E-state index < -0.39 is 0 Å². The number of rotatable bonds is 5. The Balaban J connectivity index is 1.75. The van der Waals surface area contributed by atoms with Gasteiger partial charge in [0.15, 0.2) is 0 Å². The lowest BCUT2D eigenvalue weighted by Crippen LogP contribution is -2.25. The maximum Gasteiger partial charge on any atom is 0.270 e. The Bertz CT molecular complexity index is 804. The lowest BCUT2D eigenvalue weighted by Gasteiger charge is -2.15. The summed E-state index contributed by atoms with van der Waals surface area (Å²) in [6.45, 7) is 4.88. The highest BCUT2D eigenvalue weighted by Crippen LogP contribution is 2.33. The molecule has 0 aliphatic carbocycles. The Kier molecular flexibility index (Phi) is 4.97. The van der Waals surface area contributed by atoms with Gasteiger partial charge in [0.2, 0.25) is 5.91 Å². The molecule has 25 heavy (non-hydrogen) atoms. The van der Waals surface area contributed by atoms with Crippen molar-refractivity contribution in [3.05, 3.63) is 47.8 Å². The van der Waals surface area contributed by atoms with Gasteiger partial charge in [0, 0.05) is 38.0 Å². The average molecular weight is 339 g/mol. The van der Waals surface area contributed by atoms with Crippen LogP contribution in [0.15, 0.2) is 36.5 Å². The fourth-order valence-corrected chi connectivity index (χ4v) is 2.83. The van der Waals surface area contributed by atoms with Crippen molar-refractivity contribution in [3.8, 4) is 11.5 Å². The molecule has 2 amide bonds. The molecule has 0 radical (unpaired) electrons. The van der Waals surface area contributed by atoms with Gasteiger partial charge in [-0.3, -0.25) is 14.6 Å². The molecule has 1 aromatic carbocycles. The van der Waals surface area contributed by atoms with E-state index in [0.29, 0.717) is 30.3 Å². The molecule has 1 aromatic heterocycles. The van der Waals surface area contributed by atoms with Crippen molar-refractivity contribution in [2.45, 2.75) is 26.7 Å². The second-order valence-electron chi connectivity index (χ2n) is 5.95. The zero-order chi connectivity index (χ0) is 17.8. The molecule has 2 heterocycles. The molecule has 3 rings (SSSR count). The maximum absolute atomic E-state index is 12.0. The number of hydrogen-bond donors (Lipinski definition) is 1. The SMILES string of the molecule is CCCNC(=O)c1cc(Oc2ccc3c(c2)CCN3C(C)=O)ccn1. The molecule has 1 aliphatic rings. The third kappa shape index (κ3) is 3.79. The van der Waals surface area contributed by atoms with Crippen LogP contribution < -0.4 is 15.0 Å². The molecule has 6 heteroatoms. The highest BCUT2D eigenvalue weighted by atomic mass is 16.5. The summed E-state index contributed by atoms with van der Waals surface area (Å²) in [7, 11) is 0. The summed E-state index contributed by atoms with van der Waals surface area (Å²) in [5, 5.41) is 2.79. The van der Waals surface area contributed by atoms with E-state index in [1.807, 2.05) is 25.1 Å². The van der Waals surface area contributed by atoms with Crippen molar-refractivity contribution >= 4 is 17.5 Å². The summed E-state index contributed by atoms with van der Waals surface area (Å²) in [5.74, 6) is 1.07. The fraction of sp³-hybridized carbons (Fsp3) is 0.316.